The molecule has 5 nitrogen and oxygen atoms in total. The summed E-state index contributed by atoms with van der Waals surface area (Å²) in [6.45, 7) is 5.38. The highest BCUT2D eigenvalue weighted by atomic mass is 32.2. The second kappa shape index (κ2) is 8.74. The zero-order valence-electron chi connectivity index (χ0n) is 13.2. The van der Waals surface area contributed by atoms with E-state index >= 15 is 0 Å². The van der Waals surface area contributed by atoms with Crippen LogP contribution in [0, 0.1) is 5.92 Å². The maximum absolute atomic E-state index is 12.3. The minimum absolute atomic E-state index is 0.0678. The summed E-state index contributed by atoms with van der Waals surface area (Å²) in [6.07, 6.45) is 3.54. The van der Waals surface area contributed by atoms with Gasteiger partial charge in [0.05, 0.1) is 18.2 Å². The molecule has 0 aromatic heterocycles. The van der Waals surface area contributed by atoms with Crippen LogP contribution in [0.1, 0.15) is 12.8 Å². The Hall–Kier alpha value is -1.79. The van der Waals surface area contributed by atoms with Crippen LogP contribution in [0.5, 0.6) is 0 Å². The van der Waals surface area contributed by atoms with Crippen molar-refractivity contribution in [3.63, 3.8) is 0 Å². The molecule has 0 radical (unpaired) electrons. The Labute approximate surface area is 141 Å². The van der Waals surface area contributed by atoms with E-state index in [1.807, 2.05) is 35.2 Å². The number of carbonyl (C=O) groups excluding carboxylic acids is 2. The van der Waals surface area contributed by atoms with E-state index in [0.717, 1.165) is 35.7 Å². The van der Waals surface area contributed by atoms with Crippen LogP contribution in [0.2, 0.25) is 0 Å². The van der Waals surface area contributed by atoms with Crippen LogP contribution < -0.4 is 11.1 Å². The minimum atomic E-state index is -0.277. The summed E-state index contributed by atoms with van der Waals surface area (Å²) in [6, 6.07) is 7.72. The second-order valence-electron chi connectivity index (χ2n) is 5.62. The lowest BCUT2D eigenvalue weighted by Crippen LogP contribution is -2.44. The fourth-order valence-corrected chi connectivity index (χ4v) is 3.42. The summed E-state index contributed by atoms with van der Waals surface area (Å²) in [7, 11) is 0. The number of likely N-dealkylation sites (tertiary alicyclic amines) is 1. The number of amides is 2. The molecule has 0 bridgehead atoms. The maximum atomic E-state index is 12.3. The molecule has 1 fully saturated rings. The molecule has 2 amide bonds. The van der Waals surface area contributed by atoms with Crippen LogP contribution in [0.3, 0.4) is 0 Å². The van der Waals surface area contributed by atoms with Crippen molar-refractivity contribution in [2.75, 3.05) is 30.7 Å². The quantitative estimate of drug-likeness (QED) is 0.592. The predicted octanol–water partition coefficient (Wildman–Crippen LogP) is 2.10. The first kappa shape index (κ1) is 17.6. The molecule has 6 heteroatoms. The number of piperidine rings is 1. The lowest BCUT2D eigenvalue weighted by atomic mass is 9.97. The normalized spacial score (nSPS) is 18.3. The molecule has 1 atom stereocenters. The van der Waals surface area contributed by atoms with Gasteiger partial charge >= 0.3 is 0 Å². The van der Waals surface area contributed by atoms with Gasteiger partial charge in [-0.2, -0.15) is 0 Å². The smallest absolute Gasteiger partial charge is 0.238 e. The Morgan fingerprint density at radius 1 is 1.43 bits per heavy atom. The second-order valence-corrected chi connectivity index (χ2v) is 6.68. The fraction of sp³-hybridized carbons (Fsp3) is 0.412. The highest BCUT2D eigenvalue weighted by Gasteiger charge is 2.25. The molecule has 1 aromatic rings. The summed E-state index contributed by atoms with van der Waals surface area (Å²) in [5.41, 5.74) is 6.19. The number of benzene rings is 1. The molecule has 1 aromatic carbocycles. The Morgan fingerprint density at radius 3 is 2.96 bits per heavy atom. The lowest BCUT2D eigenvalue weighted by Gasteiger charge is -2.30. The minimum Gasteiger partial charge on any atom is -0.369 e. The van der Waals surface area contributed by atoms with Crippen molar-refractivity contribution < 1.29 is 9.59 Å². The summed E-state index contributed by atoms with van der Waals surface area (Å²) in [5, 5.41) is 2.96. The van der Waals surface area contributed by atoms with Crippen molar-refractivity contribution >= 4 is 29.3 Å². The molecule has 23 heavy (non-hydrogen) atoms. The van der Waals surface area contributed by atoms with E-state index in [1.54, 1.807) is 11.8 Å². The first-order valence-corrected chi connectivity index (χ1v) is 8.73. The number of nitrogens with two attached hydrogens (primary N) is 1. The number of para-hydroxylation sites is 1. The predicted molar refractivity (Wildman–Crippen MR) is 94.4 cm³/mol. The van der Waals surface area contributed by atoms with Crippen molar-refractivity contribution in [2.45, 2.75) is 17.7 Å². The monoisotopic (exact) mass is 333 g/mol. The van der Waals surface area contributed by atoms with E-state index in [0.29, 0.717) is 6.54 Å². The third-order valence-electron chi connectivity index (χ3n) is 3.79. The van der Waals surface area contributed by atoms with E-state index in [-0.39, 0.29) is 24.3 Å². The molecule has 0 unspecified atom stereocenters. The zero-order valence-corrected chi connectivity index (χ0v) is 14.0. The highest BCUT2D eigenvalue weighted by Crippen LogP contribution is 2.27. The van der Waals surface area contributed by atoms with Gasteiger partial charge in [0.1, 0.15) is 0 Å². The molecule has 1 aliphatic heterocycles. The number of thioether (sulfide) groups is 1. The molecule has 1 aliphatic rings. The number of nitrogens with one attached hydrogen (secondary N) is 1. The van der Waals surface area contributed by atoms with Gasteiger partial charge in [0, 0.05) is 17.2 Å². The Balaban J connectivity index is 1.92. The van der Waals surface area contributed by atoms with Crippen LogP contribution in [0.15, 0.2) is 41.8 Å². The standard InChI is InChI=1S/C17H23N3O2S/c1-2-10-23-15-8-4-3-7-14(15)19-16(21)12-20-9-5-6-13(11-20)17(18)22/h2-4,7-8,13H,1,5-6,9-12H2,(H2,18,22)(H,19,21)/t13-/m1/s1. The Kier molecular flexibility index (Phi) is 6.67. The lowest BCUT2D eigenvalue weighted by molar-refractivity contribution is -0.125. The number of hydrogen-bond donors (Lipinski definition) is 2. The van der Waals surface area contributed by atoms with Crippen molar-refractivity contribution in [3.05, 3.63) is 36.9 Å². The van der Waals surface area contributed by atoms with E-state index in [1.165, 1.54) is 0 Å². The number of carbonyl (C=O) groups is 2. The van der Waals surface area contributed by atoms with E-state index in [4.69, 9.17) is 5.73 Å². The number of anilines is 1. The molecular weight excluding hydrogens is 310 g/mol. The van der Waals surface area contributed by atoms with Crippen molar-refractivity contribution in [2.24, 2.45) is 11.7 Å². The maximum Gasteiger partial charge on any atom is 0.238 e. The third kappa shape index (κ3) is 5.41. The average Bonchev–Trinajstić information content (AvgIpc) is 2.54. The molecule has 124 valence electrons. The van der Waals surface area contributed by atoms with Gasteiger partial charge in [0.2, 0.25) is 11.8 Å². The van der Waals surface area contributed by atoms with Gasteiger partial charge in [-0.25, -0.2) is 0 Å². The Morgan fingerprint density at radius 2 is 2.22 bits per heavy atom. The van der Waals surface area contributed by atoms with Gasteiger partial charge in [0.25, 0.3) is 0 Å². The third-order valence-corrected chi connectivity index (χ3v) is 4.86. The summed E-state index contributed by atoms with van der Waals surface area (Å²) < 4.78 is 0. The molecule has 1 saturated heterocycles. The fourth-order valence-electron chi connectivity index (χ4n) is 2.67. The van der Waals surface area contributed by atoms with Crippen LogP contribution in [0.4, 0.5) is 5.69 Å². The van der Waals surface area contributed by atoms with Crippen molar-refractivity contribution in [3.8, 4) is 0 Å². The molecule has 0 saturated carbocycles. The van der Waals surface area contributed by atoms with Gasteiger partial charge in [0.15, 0.2) is 0 Å². The van der Waals surface area contributed by atoms with Gasteiger partial charge in [-0.3, -0.25) is 14.5 Å². The topological polar surface area (TPSA) is 75.4 Å². The van der Waals surface area contributed by atoms with Gasteiger partial charge in [-0.1, -0.05) is 18.2 Å². The van der Waals surface area contributed by atoms with Crippen molar-refractivity contribution in [1.29, 1.82) is 0 Å². The molecule has 0 aliphatic carbocycles. The van der Waals surface area contributed by atoms with Gasteiger partial charge < -0.3 is 11.1 Å². The molecule has 1 heterocycles. The van der Waals surface area contributed by atoms with E-state index in [2.05, 4.69) is 11.9 Å². The Bertz CT molecular complexity index is 577. The van der Waals surface area contributed by atoms with Crippen molar-refractivity contribution in [1.82, 2.24) is 4.90 Å². The first-order chi connectivity index (χ1) is 11.1. The summed E-state index contributed by atoms with van der Waals surface area (Å²) in [5.74, 6) is 0.300. The zero-order chi connectivity index (χ0) is 16.7. The van der Waals surface area contributed by atoms with Gasteiger partial charge in [-0.15, -0.1) is 18.3 Å². The number of hydrogen-bond acceptors (Lipinski definition) is 4. The van der Waals surface area contributed by atoms with Gasteiger partial charge in [-0.05, 0) is 31.5 Å². The molecule has 0 spiro atoms. The number of nitrogens with zero attached hydrogens (tertiary/aromatic N) is 1. The summed E-state index contributed by atoms with van der Waals surface area (Å²) >= 11 is 1.63. The van der Waals surface area contributed by atoms with E-state index in [9.17, 15) is 9.59 Å². The molecular formula is C17H23N3O2S. The number of rotatable bonds is 7. The average molecular weight is 333 g/mol. The van der Waals surface area contributed by atoms with Crippen LogP contribution >= 0.6 is 11.8 Å². The molecule has 3 N–H and O–H groups in total. The molecule has 2 rings (SSSR count). The summed E-state index contributed by atoms with van der Waals surface area (Å²) in [4.78, 5) is 26.6. The van der Waals surface area contributed by atoms with Crippen LogP contribution in [-0.2, 0) is 9.59 Å². The first-order valence-electron chi connectivity index (χ1n) is 7.74. The van der Waals surface area contributed by atoms with E-state index < -0.39 is 0 Å². The largest absolute Gasteiger partial charge is 0.369 e. The van der Waals surface area contributed by atoms with Crippen LogP contribution in [0.25, 0.3) is 0 Å². The SMILES string of the molecule is C=CCSc1ccccc1NC(=O)CN1CCC[C@@H](C(N)=O)C1. The highest BCUT2D eigenvalue weighted by molar-refractivity contribution is 7.99. The van der Waals surface area contributed by atoms with Crippen LogP contribution in [-0.4, -0.2) is 42.1 Å². The number of primary amides is 1.